The molecule has 0 aliphatic heterocycles. The molecule has 4 nitrogen and oxygen atoms in total. The van der Waals surface area contributed by atoms with Crippen LogP contribution in [0.25, 0.3) is 0 Å². The number of aryl methyl sites for hydroxylation is 1. The summed E-state index contributed by atoms with van der Waals surface area (Å²) in [6.07, 6.45) is 1.12. The highest BCUT2D eigenvalue weighted by Crippen LogP contribution is 2.10. The number of nitrogens with two attached hydrogens (primary N) is 1. The third kappa shape index (κ3) is 3.95. The molecular formula is C16H16N2O2. The maximum Gasteiger partial charge on any atom is 0.248 e. The van der Waals surface area contributed by atoms with Crippen molar-refractivity contribution in [3.05, 3.63) is 65.7 Å². The van der Waals surface area contributed by atoms with Gasteiger partial charge in [-0.2, -0.15) is 0 Å². The largest absolute Gasteiger partial charge is 0.366 e. The molecule has 0 unspecified atom stereocenters. The van der Waals surface area contributed by atoms with Crippen LogP contribution in [0.3, 0.4) is 0 Å². The first-order valence-electron chi connectivity index (χ1n) is 6.39. The molecule has 0 spiro atoms. The summed E-state index contributed by atoms with van der Waals surface area (Å²) in [5.41, 5.74) is 7.37. The van der Waals surface area contributed by atoms with E-state index in [1.165, 1.54) is 0 Å². The fourth-order valence-electron chi connectivity index (χ4n) is 1.84. The normalized spacial score (nSPS) is 10.0. The lowest BCUT2D eigenvalue weighted by molar-refractivity contribution is -0.116. The average Bonchev–Trinajstić information content (AvgIpc) is 2.47. The lowest BCUT2D eigenvalue weighted by atomic mass is 10.1. The van der Waals surface area contributed by atoms with Crippen molar-refractivity contribution in [1.82, 2.24) is 0 Å². The Hall–Kier alpha value is -2.62. The minimum atomic E-state index is -0.480. The lowest BCUT2D eigenvalue weighted by Crippen LogP contribution is -2.13. The number of hydrogen-bond acceptors (Lipinski definition) is 2. The number of primary amides is 1. The second kappa shape index (κ2) is 6.52. The summed E-state index contributed by atoms with van der Waals surface area (Å²) in [7, 11) is 0. The van der Waals surface area contributed by atoms with E-state index in [0.717, 1.165) is 5.56 Å². The zero-order valence-corrected chi connectivity index (χ0v) is 11.0. The molecule has 3 N–H and O–H groups in total. The van der Waals surface area contributed by atoms with Gasteiger partial charge in [0, 0.05) is 17.7 Å². The topological polar surface area (TPSA) is 72.2 Å². The van der Waals surface area contributed by atoms with Gasteiger partial charge in [-0.3, -0.25) is 9.59 Å². The van der Waals surface area contributed by atoms with Gasteiger partial charge in [0.1, 0.15) is 0 Å². The van der Waals surface area contributed by atoms with E-state index in [9.17, 15) is 9.59 Å². The Bertz CT molecular complexity index is 592. The zero-order chi connectivity index (χ0) is 14.4. The SMILES string of the molecule is NC(=O)c1ccc(NC(=O)CCc2ccccc2)cc1. The highest BCUT2D eigenvalue weighted by Gasteiger charge is 2.04. The molecule has 4 heteroatoms. The number of anilines is 1. The molecule has 0 aromatic heterocycles. The van der Waals surface area contributed by atoms with Gasteiger partial charge in [-0.25, -0.2) is 0 Å². The van der Waals surface area contributed by atoms with Gasteiger partial charge in [0.25, 0.3) is 0 Å². The number of hydrogen-bond donors (Lipinski definition) is 2. The smallest absolute Gasteiger partial charge is 0.248 e. The maximum absolute atomic E-state index is 11.8. The first kappa shape index (κ1) is 13.8. The molecule has 0 atom stereocenters. The Kier molecular flexibility index (Phi) is 4.50. The molecule has 20 heavy (non-hydrogen) atoms. The quantitative estimate of drug-likeness (QED) is 0.873. The third-order valence-corrected chi connectivity index (χ3v) is 2.94. The van der Waals surface area contributed by atoms with E-state index in [4.69, 9.17) is 5.73 Å². The third-order valence-electron chi connectivity index (χ3n) is 2.94. The molecule has 102 valence electrons. The Labute approximate surface area is 117 Å². The number of nitrogens with one attached hydrogen (secondary N) is 1. The molecule has 0 saturated heterocycles. The fraction of sp³-hybridized carbons (Fsp3) is 0.125. The molecule has 2 rings (SSSR count). The van der Waals surface area contributed by atoms with Gasteiger partial charge >= 0.3 is 0 Å². The predicted octanol–water partition coefficient (Wildman–Crippen LogP) is 2.36. The van der Waals surface area contributed by atoms with Gasteiger partial charge in [0.15, 0.2) is 0 Å². The maximum atomic E-state index is 11.8. The van der Waals surface area contributed by atoms with Crippen molar-refractivity contribution in [2.75, 3.05) is 5.32 Å². The van der Waals surface area contributed by atoms with Gasteiger partial charge in [-0.15, -0.1) is 0 Å². The van der Waals surface area contributed by atoms with E-state index in [2.05, 4.69) is 5.32 Å². The van der Waals surface area contributed by atoms with E-state index >= 15 is 0 Å². The summed E-state index contributed by atoms with van der Waals surface area (Å²) < 4.78 is 0. The highest BCUT2D eigenvalue weighted by atomic mass is 16.1. The molecule has 0 saturated carbocycles. The van der Waals surface area contributed by atoms with Crippen molar-refractivity contribution in [3.63, 3.8) is 0 Å². The Morgan fingerprint density at radius 1 is 0.950 bits per heavy atom. The van der Waals surface area contributed by atoms with Crippen LogP contribution in [-0.2, 0) is 11.2 Å². The summed E-state index contributed by atoms with van der Waals surface area (Å²) in [5.74, 6) is -0.535. The van der Waals surface area contributed by atoms with Crippen LogP contribution in [0, 0.1) is 0 Å². The molecule has 0 aliphatic carbocycles. The summed E-state index contributed by atoms with van der Waals surface area (Å²) in [6.45, 7) is 0. The number of amides is 2. The van der Waals surface area contributed by atoms with Gasteiger partial charge in [-0.05, 0) is 36.2 Å². The Morgan fingerprint density at radius 3 is 2.20 bits per heavy atom. The second-order valence-corrected chi connectivity index (χ2v) is 4.48. The Balaban J connectivity index is 1.86. The number of benzene rings is 2. The van der Waals surface area contributed by atoms with E-state index in [1.807, 2.05) is 30.3 Å². The highest BCUT2D eigenvalue weighted by molar-refractivity contribution is 5.94. The molecule has 0 fully saturated rings. The van der Waals surface area contributed by atoms with Crippen LogP contribution in [0.15, 0.2) is 54.6 Å². The van der Waals surface area contributed by atoms with Crippen molar-refractivity contribution < 1.29 is 9.59 Å². The first-order chi connectivity index (χ1) is 9.65. The summed E-state index contributed by atoms with van der Waals surface area (Å²) >= 11 is 0. The molecule has 0 aliphatic rings. The van der Waals surface area contributed by atoms with E-state index < -0.39 is 5.91 Å². The van der Waals surface area contributed by atoms with Crippen molar-refractivity contribution in [2.24, 2.45) is 5.73 Å². The zero-order valence-electron chi connectivity index (χ0n) is 11.0. The van der Waals surface area contributed by atoms with Crippen molar-refractivity contribution in [2.45, 2.75) is 12.8 Å². The lowest BCUT2D eigenvalue weighted by Gasteiger charge is -2.06. The van der Waals surface area contributed by atoms with Crippen LogP contribution in [-0.4, -0.2) is 11.8 Å². The summed E-state index contributed by atoms with van der Waals surface area (Å²) in [6, 6.07) is 16.4. The molecule has 2 aromatic carbocycles. The van der Waals surface area contributed by atoms with Crippen LogP contribution in [0.5, 0.6) is 0 Å². The van der Waals surface area contributed by atoms with Gasteiger partial charge in [-0.1, -0.05) is 30.3 Å². The average molecular weight is 268 g/mol. The first-order valence-corrected chi connectivity index (χ1v) is 6.39. The predicted molar refractivity (Wildman–Crippen MR) is 78.4 cm³/mol. The van der Waals surface area contributed by atoms with Gasteiger partial charge in [0.2, 0.25) is 11.8 Å². The fourth-order valence-corrected chi connectivity index (χ4v) is 1.84. The van der Waals surface area contributed by atoms with Crippen molar-refractivity contribution >= 4 is 17.5 Å². The molecule has 2 aromatic rings. The minimum absolute atomic E-state index is 0.0549. The van der Waals surface area contributed by atoms with Crippen LogP contribution in [0.1, 0.15) is 22.3 Å². The van der Waals surface area contributed by atoms with Crippen LogP contribution < -0.4 is 11.1 Å². The van der Waals surface area contributed by atoms with Gasteiger partial charge < -0.3 is 11.1 Å². The number of carbonyl (C=O) groups excluding carboxylic acids is 2. The second-order valence-electron chi connectivity index (χ2n) is 4.48. The van der Waals surface area contributed by atoms with Gasteiger partial charge in [0.05, 0.1) is 0 Å². The van der Waals surface area contributed by atoms with E-state index in [-0.39, 0.29) is 5.91 Å². The summed E-state index contributed by atoms with van der Waals surface area (Å²) in [4.78, 5) is 22.7. The molecule has 0 bridgehead atoms. The van der Waals surface area contributed by atoms with Crippen LogP contribution in [0.4, 0.5) is 5.69 Å². The molecular weight excluding hydrogens is 252 g/mol. The monoisotopic (exact) mass is 268 g/mol. The molecule has 2 amide bonds. The Morgan fingerprint density at radius 2 is 1.60 bits per heavy atom. The van der Waals surface area contributed by atoms with Crippen molar-refractivity contribution in [3.8, 4) is 0 Å². The van der Waals surface area contributed by atoms with E-state index in [1.54, 1.807) is 24.3 Å². The number of rotatable bonds is 5. The van der Waals surface area contributed by atoms with Crippen LogP contribution >= 0.6 is 0 Å². The molecule has 0 heterocycles. The van der Waals surface area contributed by atoms with Crippen LogP contribution in [0.2, 0.25) is 0 Å². The molecule has 0 radical (unpaired) electrons. The minimum Gasteiger partial charge on any atom is -0.366 e. The standard InChI is InChI=1S/C16H16N2O2/c17-16(20)13-7-9-14(10-8-13)18-15(19)11-6-12-4-2-1-3-5-12/h1-5,7-10H,6,11H2,(H2,17,20)(H,18,19). The summed E-state index contributed by atoms with van der Waals surface area (Å²) in [5, 5.41) is 2.79. The van der Waals surface area contributed by atoms with Crippen molar-refractivity contribution in [1.29, 1.82) is 0 Å². The van der Waals surface area contributed by atoms with E-state index in [0.29, 0.717) is 24.1 Å². The number of carbonyl (C=O) groups is 2.